The summed E-state index contributed by atoms with van der Waals surface area (Å²) in [6, 6.07) is 14.8. The molecule has 0 spiro atoms. The van der Waals surface area contributed by atoms with Crippen LogP contribution in [-0.2, 0) is 4.79 Å². The lowest BCUT2D eigenvalue weighted by atomic mass is 10.1. The van der Waals surface area contributed by atoms with Crippen molar-refractivity contribution >= 4 is 33.5 Å². The maximum Gasteiger partial charge on any atom is 0.291 e. The second kappa shape index (κ2) is 6.00. The number of fused-ring (bicyclic) bond motifs is 2. The molecule has 0 radical (unpaired) electrons. The standard InChI is InChI=1S/C20H14N4O3S/c1-23-13-9-5-3-7-11(13)15(18(23)25)16-19(26)24-20(28-16)21-17(22-24)12-8-4-6-10-14(12)27-2/h3-10H,1-2H3/b16-15-. The van der Waals surface area contributed by atoms with Crippen LogP contribution in [0.25, 0.3) is 21.9 Å². The molecule has 7 nitrogen and oxygen atoms in total. The summed E-state index contributed by atoms with van der Waals surface area (Å²) in [6.07, 6.45) is 0. The van der Waals surface area contributed by atoms with E-state index >= 15 is 0 Å². The van der Waals surface area contributed by atoms with E-state index in [9.17, 15) is 9.59 Å². The Balaban J connectivity index is 1.76. The third kappa shape index (κ3) is 2.21. The van der Waals surface area contributed by atoms with Crippen LogP contribution in [0.5, 0.6) is 5.75 Å². The van der Waals surface area contributed by atoms with Crippen molar-refractivity contribution in [1.29, 1.82) is 0 Å². The van der Waals surface area contributed by atoms with Crippen LogP contribution in [0.1, 0.15) is 5.56 Å². The fourth-order valence-electron chi connectivity index (χ4n) is 3.42. The van der Waals surface area contributed by atoms with E-state index in [0.717, 1.165) is 11.3 Å². The van der Waals surface area contributed by atoms with E-state index in [1.165, 1.54) is 15.9 Å². The smallest absolute Gasteiger partial charge is 0.291 e. The normalized spacial score (nSPS) is 15.4. The molecule has 0 N–H and O–H groups in total. The summed E-state index contributed by atoms with van der Waals surface area (Å²) in [4.78, 5) is 32.3. The van der Waals surface area contributed by atoms with Gasteiger partial charge in [0.15, 0.2) is 5.82 Å². The lowest BCUT2D eigenvalue weighted by Gasteiger charge is -2.07. The molecule has 5 rings (SSSR count). The van der Waals surface area contributed by atoms with Crippen molar-refractivity contribution in [2.75, 3.05) is 19.1 Å². The van der Waals surface area contributed by atoms with Crippen molar-refractivity contribution < 1.29 is 9.53 Å². The van der Waals surface area contributed by atoms with Crippen LogP contribution in [0.2, 0.25) is 0 Å². The van der Waals surface area contributed by atoms with E-state index in [-0.39, 0.29) is 11.5 Å². The molecular formula is C20H14N4O3S. The zero-order chi connectivity index (χ0) is 19.4. The van der Waals surface area contributed by atoms with Gasteiger partial charge in [-0.3, -0.25) is 9.59 Å². The molecule has 0 unspecified atom stereocenters. The number of rotatable bonds is 2. The number of ether oxygens (including phenoxy) is 1. The number of anilines is 1. The first-order chi connectivity index (χ1) is 13.6. The minimum absolute atomic E-state index is 0.201. The van der Waals surface area contributed by atoms with E-state index in [4.69, 9.17) is 4.74 Å². The summed E-state index contributed by atoms with van der Waals surface area (Å²) in [7, 11) is 3.28. The van der Waals surface area contributed by atoms with Crippen LogP contribution in [0, 0.1) is 0 Å². The molecule has 0 atom stereocenters. The Labute approximate surface area is 163 Å². The monoisotopic (exact) mass is 390 g/mol. The number of hydrogen-bond acceptors (Lipinski definition) is 6. The predicted molar refractivity (Wildman–Crippen MR) is 107 cm³/mol. The zero-order valence-corrected chi connectivity index (χ0v) is 15.9. The second-order valence-electron chi connectivity index (χ2n) is 6.32. The van der Waals surface area contributed by atoms with Gasteiger partial charge in [0.05, 0.1) is 23.9 Å². The number of para-hydroxylation sites is 2. The van der Waals surface area contributed by atoms with Crippen LogP contribution >= 0.6 is 11.3 Å². The molecule has 138 valence electrons. The minimum atomic E-state index is -0.345. The molecule has 0 aliphatic carbocycles. The van der Waals surface area contributed by atoms with Gasteiger partial charge in [0.1, 0.15) is 10.3 Å². The molecule has 1 amide bonds. The lowest BCUT2D eigenvalue weighted by molar-refractivity contribution is -0.112. The van der Waals surface area contributed by atoms with E-state index < -0.39 is 0 Å². The van der Waals surface area contributed by atoms with Crippen molar-refractivity contribution in [2.45, 2.75) is 0 Å². The first-order valence-electron chi connectivity index (χ1n) is 8.55. The fraction of sp³-hybridized carbons (Fsp3) is 0.100. The number of hydrogen-bond donors (Lipinski definition) is 0. The van der Waals surface area contributed by atoms with Crippen molar-refractivity contribution in [3.63, 3.8) is 0 Å². The molecule has 3 heterocycles. The third-order valence-electron chi connectivity index (χ3n) is 4.79. The Morgan fingerprint density at radius 1 is 1.00 bits per heavy atom. The quantitative estimate of drug-likeness (QED) is 0.521. The fourth-order valence-corrected chi connectivity index (χ4v) is 4.42. The number of amides is 1. The molecule has 0 saturated heterocycles. The maximum absolute atomic E-state index is 13.0. The van der Waals surface area contributed by atoms with Gasteiger partial charge in [-0.2, -0.15) is 9.50 Å². The van der Waals surface area contributed by atoms with E-state index in [2.05, 4.69) is 10.1 Å². The summed E-state index contributed by atoms with van der Waals surface area (Å²) >= 11 is 1.17. The highest BCUT2D eigenvalue weighted by Gasteiger charge is 2.31. The van der Waals surface area contributed by atoms with Gasteiger partial charge in [-0.15, -0.1) is 5.10 Å². The largest absolute Gasteiger partial charge is 0.496 e. The number of nitrogens with zero attached hydrogens (tertiary/aromatic N) is 4. The molecule has 0 fully saturated rings. The Bertz CT molecular complexity index is 1370. The zero-order valence-electron chi connectivity index (χ0n) is 15.0. The van der Waals surface area contributed by atoms with Gasteiger partial charge in [0.2, 0.25) is 4.96 Å². The van der Waals surface area contributed by atoms with Gasteiger partial charge in [0.25, 0.3) is 11.5 Å². The SMILES string of the molecule is COc1ccccc1-c1nc2s/c(=C3\C(=O)N(C)c4ccccc43)c(=O)n2n1. The lowest BCUT2D eigenvalue weighted by Crippen LogP contribution is -2.30. The van der Waals surface area contributed by atoms with Gasteiger partial charge in [-0.05, 0) is 18.2 Å². The van der Waals surface area contributed by atoms with E-state index in [1.807, 2.05) is 48.5 Å². The van der Waals surface area contributed by atoms with E-state index in [0.29, 0.717) is 32.2 Å². The predicted octanol–water partition coefficient (Wildman–Crippen LogP) is 1.72. The van der Waals surface area contributed by atoms with Crippen LogP contribution in [-0.4, -0.2) is 34.7 Å². The summed E-state index contributed by atoms with van der Waals surface area (Å²) in [5.41, 5.74) is 2.30. The second-order valence-corrected chi connectivity index (χ2v) is 7.30. The topological polar surface area (TPSA) is 76.8 Å². The summed E-state index contributed by atoms with van der Waals surface area (Å²) in [5, 5.41) is 4.37. The molecule has 8 heteroatoms. The summed E-state index contributed by atoms with van der Waals surface area (Å²) in [6.45, 7) is 0. The van der Waals surface area contributed by atoms with Crippen molar-refractivity contribution in [1.82, 2.24) is 14.6 Å². The maximum atomic E-state index is 13.0. The van der Waals surface area contributed by atoms with Crippen molar-refractivity contribution in [2.24, 2.45) is 0 Å². The van der Waals surface area contributed by atoms with Crippen molar-refractivity contribution in [3.8, 4) is 17.1 Å². The highest BCUT2D eigenvalue weighted by molar-refractivity contribution is 7.15. The van der Waals surface area contributed by atoms with Crippen LogP contribution < -0.4 is 19.7 Å². The molecular weight excluding hydrogens is 376 g/mol. The third-order valence-corrected chi connectivity index (χ3v) is 5.82. The summed E-state index contributed by atoms with van der Waals surface area (Å²) < 4.78 is 6.96. The first kappa shape index (κ1) is 16.6. The molecule has 28 heavy (non-hydrogen) atoms. The number of aromatic nitrogens is 3. The average Bonchev–Trinajstić information content (AvgIpc) is 3.34. The first-order valence-corrected chi connectivity index (χ1v) is 9.36. The van der Waals surface area contributed by atoms with Crippen LogP contribution in [0.15, 0.2) is 53.3 Å². The molecule has 0 saturated carbocycles. The van der Waals surface area contributed by atoms with Gasteiger partial charge < -0.3 is 9.64 Å². The number of benzene rings is 2. The number of thiazole rings is 1. The number of carbonyl (C=O) groups is 1. The van der Waals surface area contributed by atoms with Gasteiger partial charge >= 0.3 is 0 Å². The van der Waals surface area contributed by atoms with Gasteiger partial charge in [0, 0.05) is 12.6 Å². The Hall–Kier alpha value is -3.52. The highest BCUT2D eigenvalue weighted by Crippen LogP contribution is 2.34. The van der Waals surface area contributed by atoms with Crippen LogP contribution in [0.3, 0.4) is 0 Å². The number of carbonyl (C=O) groups excluding carboxylic acids is 1. The molecule has 2 aromatic carbocycles. The molecule has 1 aliphatic rings. The Morgan fingerprint density at radius 3 is 2.46 bits per heavy atom. The molecule has 4 aromatic rings. The Morgan fingerprint density at radius 2 is 1.71 bits per heavy atom. The summed E-state index contributed by atoms with van der Waals surface area (Å²) in [5.74, 6) is 0.838. The van der Waals surface area contributed by atoms with E-state index in [1.54, 1.807) is 19.1 Å². The average molecular weight is 390 g/mol. The molecule has 1 aliphatic heterocycles. The van der Waals surface area contributed by atoms with Gasteiger partial charge in [-0.25, -0.2) is 0 Å². The highest BCUT2D eigenvalue weighted by atomic mass is 32.1. The van der Waals surface area contributed by atoms with Gasteiger partial charge in [-0.1, -0.05) is 41.7 Å². The van der Waals surface area contributed by atoms with Crippen molar-refractivity contribution in [3.05, 3.63) is 69.0 Å². The molecule has 2 aromatic heterocycles. The van der Waals surface area contributed by atoms with Crippen LogP contribution in [0.4, 0.5) is 5.69 Å². The number of methoxy groups -OCH3 is 1. The minimum Gasteiger partial charge on any atom is -0.496 e. The molecule has 0 bridgehead atoms. The Kier molecular flexibility index (Phi) is 3.56. The number of likely N-dealkylation sites (N-methyl/N-ethyl adjacent to an activating group) is 1.